The minimum atomic E-state index is -4.71. The van der Waals surface area contributed by atoms with Crippen LogP contribution in [0.4, 0.5) is 22.4 Å². The standard InChI is InChI=1S/C21H30ClF4N3O4/c22-14-3-1-12(7-15(14)23)9-32-18(31)29-20-6-5-19(10-20,11-20)28-17(30)13-2-4-16(27-8-13)33-21(24,25)26/h12-16,27H,1-11H2,(H,28,30)(H,29,31). The van der Waals surface area contributed by atoms with Crippen molar-refractivity contribution >= 4 is 23.6 Å². The number of amides is 2. The van der Waals surface area contributed by atoms with E-state index in [2.05, 4.69) is 20.7 Å². The van der Waals surface area contributed by atoms with Crippen molar-refractivity contribution in [2.24, 2.45) is 11.8 Å². The van der Waals surface area contributed by atoms with Crippen LogP contribution in [0, 0.1) is 11.8 Å². The molecule has 1 heterocycles. The zero-order chi connectivity index (χ0) is 23.9. The van der Waals surface area contributed by atoms with E-state index in [4.69, 9.17) is 16.3 Å². The number of alkyl carbamates (subject to hydrolysis) is 1. The van der Waals surface area contributed by atoms with E-state index >= 15 is 0 Å². The van der Waals surface area contributed by atoms with E-state index < -0.39 is 47.2 Å². The van der Waals surface area contributed by atoms with Crippen molar-refractivity contribution in [2.45, 2.75) is 93.0 Å². The molecule has 33 heavy (non-hydrogen) atoms. The van der Waals surface area contributed by atoms with Gasteiger partial charge in [0.05, 0.1) is 17.9 Å². The van der Waals surface area contributed by atoms with Gasteiger partial charge in [0.15, 0.2) is 0 Å². The molecular weight excluding hydrogens is 470 g/mol. The Kier molecular flexibility index (Phi) is 7.04. The first-order valence-electron chi connectivity index (χ1n) is 11.5. The van der Waals surface area contributed by atoms with E-state index in [0.717, 1.165) is 6.42 Å². The molecule has 4 aliphatic carbocycles. The average Bonchev–Trinajstić information content (AvgIpc) is 3.23. The molecular formula is C21H30ClF4N3O4. The van der Waals surface area contributed by atoms with E-state index in [0.29, 0.717) is 44.9 Å². The van der Waals surface area contributed by atoms with Crippen LogP contribution in [0.3, 0.4) is 0 Å². The summed E-state index contributed by atoms with van der Waals surface area (Å²) in [6.07, 6.45) is -2.89. The van der Waals surface area contributed by atoms with Gasteiger partial charge in [-0.1, -0.05) is 0 Å². The number of ether oxygens (including phenoxy) is 2. The minimum Gasteiger partial charge on any atom is -0.449 e. The molecule has 2 bridgehead atoms. The van der Waals surface area contributed by atoms with Crippen LogP contribution >= 0.6 is 11.6 Å². The highest BCUT2D eigenvalue weighted by Crippen LogP contribution is 2.55. The van der Waals surface area contributed by atoms with E-state index in [1.807, 2.05) is 0 Å². The van der Waals surface area contributed by atoms with Crippen LogP contribution < -0.4 is 16.0 Å². The van der Waals surface area contributed by atoms with Gasteiger partial charge >= 0.3 is 12.5 Å². The van der Waals surface area contributed by atoms with Crippen LogP contribution in [0.15, 0.2) is 0 Å². The van der Waals surface area contributed by atoms with Crippen LogP contribution in [0.25, 0.3) is 0 Å². The molecule has 0 aromatic heterocycles. The van der Waals surface area contributed by atoms with Crippen LogP contribution in [-0.4, -0.2) is 60.4 Å². The third-order valence-corrected chi connectivity index (χ3v) is 7.95. The summed E-state index contributed by atoms with van der Waals surface area (Å²) in [6, 6.07) is 0. The van der Waals surface area contributed by atoms with Gasteiger partial charge in [0.25, 0.3) is 0 Å². The molecule has 7 nitrogen and oxygen atoms in total. The second kappa shape index (κ2) is 9.37. The zero-order valence-corrected chi connectivity index (χ0v) is 18.9. The molecule has 1 aliphatic heterocycles. The highest BCUT2D eigenvalue weighted by Gasteiger charge is 2.62. The van der Waals surface area contributed by atoms with Crippen molar-refractivity contribution in [3.63, 3.8) is 0 Å². The van der Waals surface area contributed by atoms with Gasteiger partial charge in [0, 0.05) is 17.6 Å². The van der Waals surface area contributed by atoms with Crippen molar-refractivity contribution in [1.82, 2.24) is 16.0 Å². The van der Waals surface area contributed by atoms with Crippen molar-refractivity contribution < 1.29 is 36.6 Å². The lowest BCUT2D eigenvalue weighted by Gasteiger charge is -2.48. The molecule has 5 aliphatic rings. The SMILES string of the molecule is O=C(NC12CCC(NC(=O)C3CCC(OC(F)(F)F)NC3)(C1)C2)OCC1CCC(Cl)C(F)C1. The Morgan fingerprint density at radius 1 is 1.06 bits per heavy atom. The molecule has 3 N–H and O–H groups in total. The van der Waals surface area contributed by atoms with Crippen LogP contribution in [0.5, 0.6) is 0 Å². The fourth-order valence-corrected chi connectivity index (χ4v) is 6.04. The Balaban J connectivity index is 1.17. The van der Waals surface area contributed by atoms with Crippen molar-refractivity contribution in [2.75, 3.05) is 13.2 Å². The molecule has 0 aromatic carbocycles. The van der Waals surface area contributed by atoms with E-state index in [-0.39, 0.29) is 31.4 Å². The number of carbonyl (C=O) groups is 2. The van der Waals surface area contributed by atoms with Gasteiger partial charge in [0.1, 0.15) is 12.4 Å². The number of alkyl halides is 5. The number of hydrogen-bond donors (Lipinski definition) is 3. The highest BCUT2D eigenvalue weighted by molar-refractivity contribution is 6.21. The maximum Gasteiger partial charge on any atom is 0.524 e. The molecule has 12 heteroatoms. The summed E-state index contributed by atoms with van der Waals surface area (Å²) in [5.41, 5.74) is -0.818. The summed E-state index contributed by atoms with van der Waals surface area (Å²) in [5, 5.41) is 8.14. The predicted octanol–water partition coefficient (Wildman–Crippen LogP) is 3.50. The Morgan fingerprint density at radius 3 is 2.36 bits per heavy atom. The smallest absolute Gasteiger partial charge is 0.449 e. The third-order valence-electron chi connectivity index (χ3n) is 7.46. The van der Waals surface area contributed by atoms with Crippen LogP contribution in [0.1, 0.15) is 57.8 Å². The van der Waals surface area contributed by atoms with Gasteiger partial charge in [-0.15, -0.1) is 24.8 Å². The molecule has 2 amide bonds. The minimum absolute atomic E-state index is 0.0353. The van der Waals surface area contributed by atoms with Gasteiger partial charge in [0.2, 0.25) is 5.91 Å². The fourth-order valence-electron chi connectivity index (χ4n) is 5.81. The number of rotatable bonds is 6. The maximum atomic E-state index is 13.7. The summed E-state index contributed by atoms with van der Waals surface area (Å²) in [6.45, 7) is 0.269. The lowest BCUT2D eigenvalue weighted by molar-refractivity contribution is -0.348. The molecule has 5 atom stereocenters. The summed E-state index contributed by atoms with van der Waals surface area (Å²) < 4.78 is 60.0. The van der Waals surface area contributed by atoms with Crippen LogP contribution in [0.2, 0.25) is 0 Å². The van der Waals surface area contributed by atoms with Crippen molar-refractivity contribution in [3.05, 3.63) is 0 Å². The van der Waals surface area contributed by atoms with Gasteiger partial charge in [-0.2, -0.15) is 0 Å². The van der Waals surface area contributed by atoms with Crippen molar-refractivity contribution in [1.29, 1.82) is 0 Å². The Labute approximate surface area is 194 Å². The average molecular weight is 500 g/mol. The number of hydrogen-bond acceptors (Lipinski definition) is 5. The predicted molar refractivity (Wildman–Crippen MR) is 110 cm³/mol. The zero-order valence-electron chi connectivity index (χ0n) is 18.2. The molecule has 0 spiro atoms. The Hall–Kier alpha value is -1.33. The molecule has 5 fully saturated rings. The van der Waals surface area contributed by atoms with Gasteiger partial charge in [-0.05, 0) is 63.7 Å². The third kappa shape index (κ3) is 6.03. The van der Waals surface area contributed by atoms with Gasteiger partial charge in [-0.3, -0.25) is 14.8 Å². The second-order valence-corrected chi connectivity index (χ2v) is 10.6. The fraction of sp³-hybridized carbons (Fsp3) is 0.905. The quantitative estimate of drug-likeness (QED) is 0.384. The molecule has 0 radical (unpaired) electrons. The topological polar surface area (TPSA) is 88.7 Å². The Bertz CT molecular complexity index is 742. The lowest BCUT2D eigenvalue weighted by atomic mass is 9.71. The Morgan fingerprint density at radius 2 is 1.76 bits per heavy atom. The summed E-state index contributed by atoms with van der Waals surface area (Å²) >= 11 is 5.89. The number of fused-ring (bicyclic) bond motifs is 1. The van der Waals surface area contributed by atoms with E-state index in [1.165, 1.54) is 0 Å². The molecule has 4 saturated carbocycles. The lowest BCUT2D eigenvalue weighted by Crippen LogP contribution is -2.65. The first kappa shape index (κ1) is 24.8. The molecule has 0 aromatic rings. The van der Waals surface area contributed by atoms with Crippen LogP contribution in [-0.2, 0) is 14.3 Å². The van der Waals surface area contributed by atoms with E-state index in [9.17, 15) is 27.2 Å². The summed E-state index contributed by atoms with van der Waals surface area (Å²) in [5.74, 6) is -0.656. The number of piperidine rings is 1. The van der Waals surface area contributed by atoms with E-state index in [1.54, 1.807) is 0 Å². The number of halogens is 5. The molecule has 5 rings (SSSR count). The number of nitrogens with one attached hydrogen (secondary N) is 3. The van der Waals surface area contributed by atoms with Crippen molar-refractivity contribution in [3.8, 4) is 0 Å². The monoisotopic (exact) mass is 499 g/mol. The first-order chi connectivity index (χ1) is 15.5. The summed E-state index contributed by atoms with van der Waals surface area (Å²) in [7, 11) is 0. The largest absolute Gasteiger partial charge is 0.524 e. The normalized spacial score (nSPS) is 40.6. The molecule has 188 valence electrons. The second-order valence-electron chi connectivity index (χ2n) is 10.1. The first-order valence-corrected chi connectivity index (χ1v) is 11.9. The molecule has 1 saturated heterocycles. The number of carbonyl (C=O) groups excluding carboxylic acids is 2. The molecule has 5 unspecified atom stereocenters. The maximum absolute atomic E-state index is 13.7. The summed E-state index contributed by atoms with van der Waals surface area (Å²) in [4.78, 5) is 24.9. The van der Waals surface area contributed by atoms with Gasteiger partial charge < -0.3 is 15.4 Å². The highest BCUT2D eigenvalue weighted by atomic mass is 35.5. The van der Waals surface area contributed by atoms with Gasteiger partial charge in [-0.25, -0.2) is 9.18 Å².